The van der Waals surface area contributed by atoms with E-state index in [1.165, 1.54) is 0 Å². The van der Waals surface area contributed by atoms with Crippen LogP contribution in [0.2, 0.25) is 0 Å². The second-order valence-electron chi connectivity index (χ2n) is 4.87. The average Bonchev–Trinajstić information content (AvgIpc) is 2.75. The molecule has 1 amide bonds. The fourth-order valence-corrected chi connectivity index (χ4v) is 2.66. The third-order valence-corrected chi connectivity index (χ3v) is 3.98. The second-order valence-corrected chi connectivity index (χ2v) is 7.13. The lowest BCUT2D eigenvalue weighted by Crippen LogP contribution is -2.43. The summed E-state index contributed by atoms with van der Waals surface area (Å²) in [6.45, 7) is 0.869. The molecular weight excluding hydrogens is 272 g/mol. The summed E-state index contributed by atoms with van der Waals surface area (Å²) in [5.74, 6) is -1.83. The SMILES string of the molecule is CS(=O)(=O)CCC(NC(=O)CC1CCCN1)C(=O)O. The lowest BCUT2D eigenvalue weighted by Gasteiger charge is -2.16. The van der Waals surface area contributed by atoms with Gasteiger partial charge >= 0.3 is 5.97 Å². The van der Waals surface area contributed by atoms with E-state index in [1.807, 2.05) is 0 Å². The molecule has 1 aliphatic rings. The first-order chi connectivity index (χ1) is 8.78. The van der Waals surface area contributed by atoms with Crippen LogP contribution < -0.4 is 10.6 Å². The third-order valence-electron chi connectivity index (χ3n) is 3.00. The first-order valence-corrected chi connectivity index (χ1v) is 8.27. The van der Waals surface area contributed by atoms with Gasteiger partial charge < -0.3 is 15.7 Å². The van der Waals surface area contributed by atoms with Crippen LogP contribution in [0, 0.1) is 0 Å². The van der Waals surface area contributed by atoms with Gasteiger partial charge in [0.05, 0.1) is 5.75 Å². The number of sulfone groups is 1. The third kappa shape index (κ3) is 6.53. The molecule has 19 heavy (non-hydrogen) atoms. The summed E-state index contributed by atoms with van der Waals surface area (Å²) in [6.07, 6.45) is 3.06. The van der Waals surface area contributed by atoms with Gasteiger partial charge in [0.15, 0.2) is 0 Å². The van der Waals surface area contributed by atoms with Gasteiger partial charge in [0.2, 0.25) is 5.91 Å². The lowest BCUT2D eigenvalue weighted by molar-refractivity contribution is -0.141. The van der Waals surface area contributed by atoms with Crippen molar-refractivity contribution >= 4 is 21.7 Å². The Morgan fingerprint density at radius 2 is 2.16 bits per heavy atom. The van der Waals surface area contributed by atoms with Crippen LogP contribution >= 0.6 is 0 Å². The van der Waals surface area contributed by atoms with Crippen LogP contribution in [0.3, 0.4) is 0 Å². The Hall–Kier alpha value is -1.15. The molecule has 0 aromatic rings. The largest absolute Gasteiger partial charge is 0.480 e. The molecule has 0 aliphatic carbocycles. The van der Waals surface area contributed by atoms with Crippen molar-refractivity contribution in [2.24, 2.45) is 0 Å². The van der Waals surface area contributed by atoms with Gasteiger partial charge in [0.1, 0.15) is 15.9 Å². The molecule has 0 bridgehead atoms. The molecule has 0 spiro atoms. The van der Waals surface area contributed by atoms with Crippen LogP contribution in [0.15, 0.2) is 0 Å². The molecule has 1 fully saturated rings. The summed E-state index contributed by atoms with van der Waals surface area (Å²) in [5.41, 5.74) is 0. The molecule has 0 saturated carbocycles. The summed E-state index contributed by atoms with van der Waals surface area (Å²) < 4.78 is 22.0. The molecule has 2 atom stereocenters. The van der Waals surface area contributed by atoms with E-state index in [0.29, 0.717) is 0 Å². The number of carbonyl (C=O) groups is 2. The van der Waals surface area contributed by atoms with E-state index in [4.69, 9.17) is 5.11 Å². The molecule has 0 aromatic carbocycles. The van der Waals surface area contributed by atoms with E-state index < -0.39 is 21.8 Å². The predicted octanol–water partition coefficient (Wildman–Crippen LogP) is -0.867. The normalized spacial score (nSPS) is 21.0. The molecule has 1 saturated heterocycles. The van der Waals surface area contributed by atoms with Crippen LogP contribution in [0.25, 0.3) is 0 Å². The number of aliphatic carboxylic acids is 1. The Bertz CT molecular complexity index is 428. The standard InChI is InChI=1S/C11H20N2O5S/c1-19(17,18)6-4-9(11(15)16)13-10(14)7-8-3-2-5-12-8/h8-9,12H,2-7H2,1H3,(H,13,14)(H,15,16). The minimum Gasteiger partial charge on any atom is -0.480 e. The van der Waals surface area contributed by atoms with E-state index in [9.17, 15) is 18.0 Å². The van der Waals surface area contributed by atoms with Gasteiger partial charge in [0.25, 0.3) is 0 Å². The fraction of sp³-hybridized carbons (Fsp3) is 0.818. The molecular formula is C11H20N2O5S. The van der Waals surface area contributed by atoms with E-state index >= 15 is 0 Å². The highest BCUT2D eigenvalue weighted by Gasteiger charge is 2.24. The zero-order valence-electron chi connectivity index (χ0n) is 10.9. The summed E-state index contributed by atoms with van der Waals surface area (Å²) in [6, 6.07) is -1.06. The molecule has 1 rings (SSSR count). The van der Waals surface area contributed by atoms with Gasteiger partial charge in [-0.25, -0.2) is 13.2 Å². The van der Waals surface area contributed by atoms with Crippen molar-refractivity contribution in [2.75, 3.05) is 18.6 Å². The van der Waals surface area contributed by atoms with Gasteiger partial charge in [0, 0.05) is 18.7 Å². The Labute approximate surface area is 112 Å². The number of nitrogens with one attached hydrogen (secondary N) is 2. The highest BCUT2D eigenvalue weighted by Crippen LogP contribution is 2.08. The van der Waals surface area contributed by atoms with Crippen molar-refractivity contribution in [3.8, 4) is 0 Å². The smallest absolute Gasteiger partial charge is 0.326 e. The van der Waals surface area contributed by atoms with Gasteiger partial charge in [-0.2, -0.15) is 0 Å². The van der Waals surface area contributed by atoms with Gasteiger partial charge in [-0.1, -0.05) is 0 Å². The second kappa shape index (κ2) is 6.85. The average molecular weight is 292 g/mol. The number of rotatable bonds is 7. The summed E-state index contributed by atoms with van der Waals surface area (Å²) in [4.78, 5) is 22.6. The number of carbonyl (C=O) groups excluding carboxylic acids is 1. The van der Waals surface area contributed by atoms with Gasteiger partial charge in [-0.3, -0.25) is 4.79 Å². The number of carboxylic acids is 1. The van der Waals surface area contributed by atoms with Crippen molar-refractivity contribution < 1.29 is 23.1 Å². The quantitative estimate of drug-likeness (QED) is 0.562. The maximum atomic E-state index is 11.7. The zero-order valence-corrected chi connectivity index (χ0v) is 11.7. The van der Waals surface area contributed by atoms with E-state index in [-0.39, 0.29) is 30.5 Å². The number of hydrogen-bond donors (Lipinski definition) is 3. The molecule has 0 radical (unpaired) electrons. The zero-order chi connectivity index (χ0) is 14.5. The minimum atomic E-state index is -3.24. The molecule has 3 N–H and O–H groups in total. The van der Waals surface area contributed by atoms with E-state index in [2.05, 4.69) is 10.6 Å². The van der Waals surface area contributed by atoms with Crippen LogP contribution in [-0.2, 0) is 19.4 Å². The van der Waals surface area contributed by atoms with Crippen molar-refractivity contribution in [1.29, 1.82) is 0 Å². The maximum absolute atomic E-state index is 11.7. The molecule has 1 aliphatic heterocycles. The summed E-state index contributed by atoms with van der Waals surface area (Å²) in [7, 11) is -3.24. The van der Waals surface area contributed by atoms with Gasteiger partial charge in [-0.15, -0.1) is 0 Å². The molecule has 2 unspecified atom stereocenters. The first-order valence-electron chi connectivity index (χ1n) is 6.21. The molecule has 7 nitrogen and oxygen atoms in total. The summed E-state index contributed by atoms with van der Waals surface area (Å²) in [5, 5.41) is 14.5. The van der Waals surface area contributed by atoms with Crippen LogP contribution in [-0.4, -0.2) is 56.0 Å². The van der Waals surface area contributed by atoms with Crippen LogP contribution in [0.1, 0.15) is 25.7 Å². The highest BCUT2D eigenvalue weighted by molar-refractivity contribution is 7.90. The van der Waals surface area contributed by atoms with Crippen LogP contribution in [0.5, 0.6) is 0 Å². The number of amides is 1. The van der Waals surface area contributed by atoms with Crippen molar-refractivity contribution in [1.82, 2.24) is 10.6 Å². The number of carboxylic acid groups (broad SMARTS) is 1. The summed E-state index contributed by atoms with van der Waals surface area (Å²) >= 11 is 0. The monoisotopic (exact) mass is 292 g/mol. The lowest BCUT2D eigenvalue weighted by atomic mass is 10.1. The van der Waals surface area contributed by atoms with E-state index in [1.54, 1.807) is 0 Å². The highest BCUT2D eigenvalue weighted by atomic mass is 32.2. The fourth-order valence-electron chi connectivity index (χ4n) is 2.00. The molecule has 1 heterocycles. The Morgan fingerprint density at radius 3 is 2.63 bits per heavy atom. The molecule has 110 valence electrons. The number of hydrogen-bond acceptors (Lipinski definition) is 5. The molecule has 8 heteroatoms. The van der Waals surface area contributed by atoms with Crippen molar-refractivity contribution in [3.63, 3.8) is 0 Å². The van der Waals surface area contributed by atoms with Crippen LogP contribution in [0.4, 0.5) is 0 Å². The maximum Gasteiger partial charge on any atom is 0.326 e. The van der Waals surface area contributed by atoms with Crippen molar-refractivity contribution in [3.05, 3.63) is 0 Å². The molecule has 0 aromatic heterocycles. The van der Waals surface area contributed by atoms with Gasteiger partial charge in [-0.05, 0) is 25.8 Å². The Morgan fingerprint density at radius 1 is 1.47 bits per heavy atom. The predicted molar refractivity (Wildman–Crippen MR) is 69.5 cm³/mol. The minimum absolute atomic E-state index is 0.0874. The first kappa shape index (κ1) is 15.9. The topological polar surface area (TPSA) is 113 Å². The van der Waals surface area contributed by atoms with Crippen molar-refractivity contribution in [2.45, 2.75) is 37.8 Å². The Kier molecular flexibility index (Phi) is 5.74. The Balaban J connectivity index is 2.43. The van der Waals surface area contributed by atoms with E-state index in [0.717, 1.165) is 25.6 Å².